The maximum absolute atomic E-state index is 4.62. The van der Waals surface area contributed by atoms with E-state index in [1.54, 1.807) is 0 Å². The summed E-state index contributed by atoms with van der Waals surface area (Å²) >= 11 is 0. The number of hydrogen-bond acceptors (Lipinski definition) is 4. The Morgan fingerprint density at radius 2 is 2.30 bits per heavy atom. The summed E-state index contributed by atoms with van der Waals surface area (Å²) in [7, 11) is 4.35. The molecule has 1 fully saturated rings. The molecule has 4 heteroatoms. The van der Waals surface area contributed by atoms with Gasteiger partial charge in [0.05, 0.1) is 0 Å². The molecule has 112 valence electrons. The molecule has 2 rings (SSSR count). The zero-order valence-corrected chi connectivity index (χ0v) is 13.3. The second-order valence-corrected chi connectivity index (χ2v) is 6.03. The second-order valence-electron chi connectivity index (χ2n) is 6.03. The highest BCUT2D eigenvalue weighted by molar-refractivity contribution is 5.39. The molecule has 0 saturated carbocycles. The van der Waals surface area contributed by atoms with Crippen LogP contribution in [0.25, 0.3) is 0 Å². The van der Waals surface area contributed by atoms with Gasteiger partial charge >= 0.3 is 0 Å². The van der Waals surface area contributed by atoms with Gasteiger partial charge in [0, 0.05) is 32.4 Å². The molecule has 0 spiro atoms. The maximum atomic E-state index is 4.62. The molecule has 0 amide bonds. The van der Waals surface area contributed by atoms with Gasteiger partial charge in [0.15, 0.2) is 0 Å². The van der Waals surface area contributed by atoms with Crippen LogP contribution in [0.3, 0.4) is 0 Å². The molecule has 1 aromatic heterocycles. The van der Waals surface area contributed by atoms with Crippen molar-refractivity contribution < 1.29 is 0 Å². The van der Waals surface area contributed by atoms with Gasteiger partial charge in [-0.25, -0.2) is 4.98 Å². The van der Waals surface area contributed by atoms with Gasteiger partial charge in [-0.1, -0.05) is 13.0 Å². The Labute approximate surface area is 123 Å². The SMILES string of the molecule is CCNC(C)c1ccc(N(C)CC2CCN(C)C2)nc1. The molecular formula is C16H28N4. The molecule has 1 N–H and O–H groups in total. The predicted octanol–water partition coefficient (Wildman–Crippen LogP) is 2.14. The van der Waals surface area contributed by atoms with Crippen LogP contribution < -0.4 is 10.2 Å². The highest BCUT2D eigenvalue weighted by atomic mass is 15.2. The van der Waals surface area contributed by atoms with Crippen LogP contribution in [0.15, 0.2) is 18.3 Å². The van der Waals surface area contributed by atoms with Crippen LogP contribution in [0.2, 0.25) is 0 Å². The minimum atomic E-state index is 0.371. The fourth-order valence-corrected chi connectivity index (χ4v) is 2.96. The quantitative estimate of drug-likeness (QED) is 0.862. The number of aromatic nitrogens is 1. The number of nitrogens with one attached hydrogen (secondary N) is 1. The van der Waals surface area contributed by atoms with Crippen molar-refractivity contribution in [3.8, 4) is 0 Å². The second kappa shape index (κ2) is 7.04. The third-order valence-electron chi connectivity index (χ3n) is 4.19. The first-order chi connectivity index (χ1) is 9.60. The fourth-order valence-electron chi connectivity index (χ4n) is 2.96. The molecule has 1 aliphatic rings. The lowest BCUT2D eigenvalue weighted by Crippen LogP contribution is -2.28. The van der Waals surface area contributed by atoms with Crippen molar-refractivity contribution in [1.82, 2.24) is 15.2 Å². The molecule has 1 saturated heterocycles. The number of nitrogens with zero attached hydrogens (tertiary/aromatic N) is 3. The van der Waals surface area contributed by atoms with Gasteiger partial charge in [-0.2, -0.15) is 0 Å². The van der Waals surface area contributed by atoms with E-state index in [2.05, 4.69) is 60.2 Å². The Balaban J connectivity index is 1.91. The highest BCUT2D eigenvalue weighted by Crippen LogP contribution is 2.19. The molecule has 0 radical (unpaired) electrons. The monoisotopic (exact) mass is 276 g/mol. The summed E-state index contributed by atoms with van der Waals surface area (Å²) in [6.07, 6.45) is 3.30. The van der Waals surface area contributed by atoms with Gasteiger partial charge in [0.1, 0.15) is 5.82 Å². The first-order valence-electron chi connectivity index (χ1n) is 7.69. The van der Waals surface area contributed by atoms with Gasteiger partial charge in [0.25, 0.3) is 0 Å². The Morgan fingerprint density at radius 3 is 2.85 bits per heavy atom. The summed E-state index contributed by atoms with van der Waals surface area (Å²) in [6.45, 7) is 8.82. The van der Waals surface area contributed by atoms with Gasteiger partial charge in [-0.3, -0.25) is 0 Å². The van der Waals surface area contributed by atoms with E-state index in [1.807, 2.05) is 6.20 Å². The van der Waals surface area contributed by atoms with Crippen molar-refractivity contribution >= 4 is 5.82 Å². The first kappa shape index (κ1) is 15.3. The lowest BCUT2D eigenvalue weighted by molar-refractivity contribution is 0.395. The highest BCUT2D eigenvalue weighted by Gasteiger charge is 2.21. The van der Waals surface area contributed by atoms with E-state index in [1.165, 1.54) is 25.1 Å². The summed E-state index contributed by atoms with van der Waals surface area (Å²) in [6, 6.07) is 4.70. The zero-order chi connectivity index (χ0) is 14.5. The van der Waals surface area contributed by atoms with Crippen molar-refractivity contribution in [2.75, 3.05) is 45.2 Å². The largest absolute Gasteiger partial charge is 0.359 e. The van der Waals surface area contributed by atoms with Crippen molar-refractivity contribution in [1.29, 1.82) is 0 Å². The summed E-state index contributed by atoms with van der Waals surface area (Å²) in [5.74, 6) is 1.85. The van der Waals surface area contributed by atoms with E-state index in [4.69, 9.17) is 0 Å². The number of hydrogen-bond donors (Lipinski definition) is 1. The van der Waals surface area contributed by atoms with E-state index in [9.17, 15) is 0 Å². The Kier molecular flexibility index (Phi) is 5.38. The third kappa shape index (κ3) is 3.93. The van der Waals surface area contributed by atoms with Crippen molar-refractivity contribution in [2.45, 2.75) is 26.3 Å². The number of likely N-dealkylation sites (tertiary alicyclic amines) is 1. The van der Waals surface area contributed by atoms with E-state index in [0.717, 1.165) is 24.8 Å². The van der Waals surface area contributed by atoms with Crippen molar-refractivity contribution in [3.63, 3.8) is 0 Å². The molecule has 1 aliphatic heterocycles. The lowest BCUT2D eigenvalue weighted by Gasteiger charge is -2.22. The molecule has 0 aliphatic carbocycles. The smallest absolute Gasteiger partial charge is 0.128 e. The van der Waals surface area contributed by atoms with Gasteiger partial charge in [0.2, 0.25) is 0 Å². The van der Waals surface area contributed by atoms with E-state index < -0.39 is 0 Å². The van der Waals surface area contributed by atoms with E-state index in [-0.39, 0.29) is 0 Å². The molecule has 1 aromatic rings. The van der Waals surface area contributed by atoms with Gasteiger partial charge in [-0.15, -0.1) is 0 Å². The van der Waals surface area contributed by atoms with Crippen LogP contribution in [-0.4, -0.2) is 50.2 Å². The third-order valence-corrected chi connectivity index (χ3v) is 4.19. The minimum absolute atomic E-state index is 0.371. The van der Waals surface area contributed by atoms with Crippen LogP contribution in [-0.2, 0) is 0 Å². The Morgan fingerprint density at radius 1 is 1.50 bits per heavy atom. The number of rotatable bonds is 6. The Hall–Kier alpha value is -1.13. The number of pyridine rings is 1. The molecule has 4 nitrogen and oxygen atoms in total. The molecule has 2 heterocycles. The molecule has 2 unspecified atom stereocenters. The fraction of sp³-hybridized carbons (Fsp3) is 0.688. The van der Waals surface area contributed by atoms with Crippen LogP contribution >= 0.6 is 0 Å². The van der Waals surface area contributed by atoms with E-state index >= 15 is 0 Å². The summed E-state index contributed by atoms with van der Waals surface area (Å²) < 4.78 is 0. The summed E-state index contributed by atoms with van der Waals surface area (Å²) in [5, 5.41) is 3.41. The van der Waals surface area contributed by atoms with Crippen molar-refractivity contribution in [2.24, 2.45) is 5.92 Å². The summed E-state index contributed by atoms with van der Waals surface area (Å²) in [4.78, 5) is 9.31. The molecule has 0 aromatic carbocycles. The minimum Gasteiger partial charge on any atom is -0.359 e. The summed E-state index contributed by atoms with van der Waals surface area (Å²) in [5.41, 5.74) is 1.25. The average molecular weight is 276 g/mol. The maximum Gasteiger partial charge on any atom is 0.128 e. The zero-order valence-electron chi connectivity index (χ0n) is 13.3. The van der Waals surface area contributed by atoms with Gasteiger partial charge < -0.3 is 15.1 Å². The topological polar surface area (TPSA) is 31.4 Å². The normalized spacial score (nSPS) is 21.1. The standard InChI is InChI=1S/C16H28N4/c1-5-17-13(2)15-6-7-16(18-10-15)20(4)12-14-8-9-19(3)11-14/h6-7,10,13-14,17H,5,8-9,11-12H2,1-4H3. The molecular weight excluding hydrogens is 248 g/mol. The van der Waals surface area contributed by atoms with E-state index in [0.29, 0.717) is 6.04 Å². The van der Waals surface area contributed by atoms with Crippen LogP contribution in [0.1, 0.15) is 31.9 Å². The van der Waals surface area contributed by atoms with Crippen LogP contribution in [0.4, 0.5) is 5.82 Å². The molecule has 2 atom stereocenters. The average Bonchev–Trinajstić information content (AvgIpc) is 2.84. The van der Waals surface area contributed by atoms with Crippen LogP contribution in [0.5, 0.6) is 0 Å². The first-order valence-corrected chi connectivity index (χ1v) is 7.69. The molecule has 0 bridgehead atoms. The van der Waals surface area contributed by atoms with Crippen molar-refractivity contribution in [3.05, 3.63) is 23.9 Å². The lowest BCUT2D eigenvalue weighted by atomic mass is 10.1. The number of anilines is 1. The Bertz CT molecular complexity index is 403. The molecule has 20 heavy (non-hydrogen) atoms. The van der Waals surface area contributed by atoms with Gasteiger partial charge in [-0.05, 0) is 51.0 Å². The van der Waals surface area contributed by atoms with Crippen LogP contribution in [0, 0.1) is 5.92 Å². The predicted molar refractivity (Wildman–Crippen MR) is 85.2 cm³/mol.